The molecule has 1 aromatic carbocycles. The van der Waals surface area contributed by atoms with Crippen molar-refractivity contribution in [3.05, 3.63) is 53.2 Å². The number of primary amides is 1. The van der Waals surface area contributed by atoms with Crippen LogP contribution in [-0.2, 0) is 9.53 Å². The summed E-state index contributed by atoms with van der Waals surface area (Å²) in [6.45, 7) is 5.47. The van der Waals surface area contributed by atoms with E-state index in [1.54, 1.807) is 18.3 Å². The number of hydrogen-bond acceptors (Lipinski definition) is 5. The highest BCUT2D eigenvalue weighted by Crippen LogP contribution is 2.31. The zero-order valence-electron chi connectivity index (χ0n) is 13.2. The topological polar surface area (TPSA) is 82.3 Å². The highest BCUT2D eigenvalue weighted by atomic mass is 32.2. The zero-order chi connectivity index (χ0) is 17.0. The van der Waals surface area contributed by atoms with Crippen molar-refractivity contribution in [1.29, 1.82) is 0 Å². The van der Waals surface area contributed by atoms with Crippen LogP contribution in [0.3, 0.4) is 0 Å². The van der Waals surface area contributed by atoms with Crippen molar-refractivity contribution in [2.24, 2.45) is 5.73 Å². The molecule has 1 heterocycles. The van der Waals surface area contributed by atoms with Crippen LogP contribution < -0.4 is 5.73 Å². The lowest BCUT2D eigenvalue weighted by atomic mass is 10.2. The molecule has 0 spiro atoms. The number of carbonyl (C=O) groups excluding carboxylic acids is 2. The van der Waals surface area contributed by atoms with Crippen LogP contribution >= 0.6 is 11.8 Å². The van der Waals surface area contributed by atoms with Crippen molar-refractivity contribution in [3.63, 3.8) is 0 Å². The quantitative estimate of drug-likeness (QED) is 0.852. The number of pyridine rings is 1. The van der Waals surface area contributed by atoms with E-state index in [1.807, 2.05) is 26.0 Å². The molecule has 1 atom stereocenters. The maximum atomic E-state index is 12.2. The number of carbonyl (C=O) groups is 2. The first-order chi connectivity index (χ1) is 10.9. The lowest BCUT2D eigenvalue weighted by Crippen LogP contribution is -2.30. The number of amides is 1. The molecule has 5 nitrogen and oxygen atoms in total. The molecule has 0 bridgehead atoms. The van der Waals surface area contributed by atoms with Gasteiger partial charge < -0.3 is 10.5 Å². The third-order valence-electron chi connectivity index (χ3n) is 3.21. The number of hydrogen-bond donors (Lipinski definition) is 1. The summed E-state index contributed by atoms with van der Waals surface area (Å²) in [5, 5.41) is 0.529. The van der Waals surface area contributed by atoms with Gasteiger partial charge in [0.2, 0.25) is 0 Å². The van der Waals surface area contributed by atoms with E-state index in [0.29, 0.717) is 10.6 Å². The molecule has 0 aliphatic rings. The Kier molecular flexibility index (Phi) is 5.39. The van der Waals surface area contributed by atoms with Crippen molar-refractivity contribution >= 4 is 23.6 Å². The predicted molar refractivity (Wildman–Crippen MR) is 88.3 cm³/mol. The monoisotopic (exact) mass is 330 g/mol. The van der Waals surface area contributed by atoms with Gasteiger partial charge in [-0.05, 0) is 44.5 Å². The molecule has 2 rings (SSSR count). The van der Waals surface area contributed by atoms with E-state index >= 15 is 0 Å². The highest BCUT2D eigenvalue weighted by Gasteiger charge is 2.20. The molecular formula is C17H18N2O3S. The van der Waals surface area contributed by atoms with Crippen molar-refractivity contribution in [2.45, 2.75) is 36.8 Å². The second-order valence-corrected chi connectivity index (χ2v) is 6.21. The van der Waals surface area contributed by atoms with E-state index in [2.05, 4.69) is 11.1 Å². The molecule has 6 heteroatoms. The SMILES string of the molecule is Cc1ccc(Sc2ncccc2C(=O)O[C@H](C)C(N)=O)c(C)c1. The van der Waals surface area contributed by atoms with E-state index < -0.39 is 18.0 Å². The van der Waals surface area contributed by atoms with E-state index in [1.165, 1.54) is 24.2 Å². The number of aromatic nitrogens is 1. The average Bonchev–Trinajstić information content (AvgIpc) is 2.50. The molecule has 0 aliphatic carbocycles. The molecule has 23 heavy (non-hydrogen) atoms. The lowest BCUT2D eigenvalue weighted by molar-refractivity contribution is -0.125. The Morgan fingerprint density at radius 1 is 1.26 bits per heavy atom. The molecular weight excluding hydrogens is 312 g/mol. The fourth-order valence-electron chi connectivity index (χ4n) is 1.93. The highest BCUT2D eigenvalue weighted by molar-refractivity contribution is 7.99. The van der Waals surface area contributed by atoms with Gasteiger partial charge in [-0.25, -0.2) is 9.78 Å². The normalized spacial score (nSPS) is 11.8. The van der Waals surface area contributed by atoms with Crippen LogP contribution in [0.2, 0.25) is 0 Å². The van der Waals surface area contributed by atoms with Gasteiger partial charge in [0.1, 0.15) is 5.03 Å². The third-order valence-corrected chi connectivity index (χ3v) is 4.41. The van der Waals surface area contributed by atoms with Crippen LogP contribution in [0.4, 0.5) is 0 Å². The Morgan fingerprint density at radius 2 is 2.00 bits per heavy atom. The minimum Gasteiger partial charge on any atom is -0.449 e. The number of rotatable bonds is 5. The fourth-order valence-corrected chi connectivity index (χ4v) is 2.87. The molecule has 2 N–H and O–H groups in total. The second-order valence-electron chi connectivity index (χ2n) is 5.18. The summed E-state index contributed by atoms with van der Waals surface area (Å²) in [4.78, 5) is 28.5. The van der Waals surface area contributed by atoms with Crippen LogP contribution in [0, 0.1) is 13.8 Å². The van der Waals surface area contributed by atoms with E-state index in [-0.39, 0.29) is 0 Å². The van der Waals surface area contributed by atoms with E-state index in [4.69, 9.17) is 10.5 Å². The number of nitrogens with two attached hydrogens (primary N) is 1. The standard InChI is InChI=1S/C17H18N2O3S/c1-10-6-7-14(11(2)9-10)23-16-13(5-4-8-19-16)17(21)22-12(3)15(18)20/h4-9,12H,1-3H3,(H2,18,20)/t12-/m1/s1. The van der Waals surface area contributed by atoms with Gasteiger partial charge in [-0.1, -0.05) is 29.5 Å². The first kappa shape index (κ1) is 17.0. The lowest BCUT2D eigenvalue weighted by Gasteiger charge is -2.12. The largest absolute Gasteiger partial charge is 0.449 e. The number of nitrogens with zero attached hydrogens (tertiary/aromatic N) is 1. The Bertz CT molecular complexity index is 746. The Labute approximate surface area is 139 Å². The molecule has 0 fully saturated rings. The van der Waals surface area contributed by atoms with Gasteiger partial charge in [-0.15, -0.1) is 0 Å². The van der Waals surface area contributed by atoms with Gasteiger partial charge in [0.25, 0.3) is 5.91 Å². The first-order valence-corrected chi connectivity index (χ1v) is 7.90. The summed E-state index contributed by atoms with van der Waals surface area (Å²) in [5.74, 6) is -1.30. The van der Waals surface area contributed by atoms with Crippen LogP contribution in [0.1, 0.15) is 28.4 Å². The fraction of sp³-hybridized carbons (Fsp3) is 0.235. The Morgan fingerprint density at radius 3 is 2.65 bits per heavy atom. The Hall–Kier alpha value is -2.34. The summed E-state index contributed by atoms with van der Waals surface area (Å²) >= 11 is 1.39. The smallest absolute Gasteiger partial charge is 0.341 e. The molecule has 0 unspecified atom stereocenters. The van der Waals surface area contributed by atoms with Gasteiger partial charge in [-0.3, -0.25) is 4.79 Å². The molecule has 120 valence electrons. The van der Waals surface area contributed by atoms with E-state index in [0.717, 1.165) is 10.5 Å². The number of esters is 1. The first-order valence-electron chi connectivity index (χ1n) is 7.09. The van der Waals surface area contributed by atoms with Gasteiger partial charge in [-0.2, -0.15) is 0 Å². The van der Waals surface area contributed by atoms with Gasteiger partial charge >= 0.3 is 5.97 Å². The second kappa shape index (κ2) is 7.28. The molecule has 0 saturated heterocycles. The van der Waals surface area contributed by atoms with Gasteiger partial charge in [0.15, 0.2) is 6.10 Å². The zero-order valence-corrected chi connectivity index (χ0v) is 14.0. The van der Waals surface area contributed by atoms with Crippen molar-refractivity contribution in [1.82, 2.24) is 4.98 Å². The number of benzene rings is 1. The van der Waals surface area contributed by atoms with Crippen molar-refractivity contribution < 1.29 is 14.3 Å². The van der Waals surface area contributed by atoms with Gasteiger partial charge in [0.05, 0.1) is 5.56 Å². The summed E-state index contributed by atoms with van der Waals surface area (Å²) < 4.78 is 5.06. The van der Waals surface area contributed by atoms with Crippen molar-refractivity contribution in [2.75, 3.05) is 0 Å². The molecule has 0 radical (unpaired) electrons. The molecule has 1 amide bonds. The average molecular weight is 330 g/mol. The maximum Gasteiger partial charge on any atom is 0.341 e. The third kappa shape index (κ3) is 4.32. The maximum absolute atomic E-state index is 12.2. The van der Waals surface area contributed by atoms with Crippen LogP contribution in [-0.4, -0.2) is 23.0 Å². The van der Waals surface area contributed by atoms with Crippen molar-refractivity contribution in [3.8, 4) is 0 Å². The molecule has 0 aliphatic heterocycles. The van der Waals surface area contributed by atoms with Gasteiger partial charge in [0, 0.05) is 11.1 Å². The summed E-state index contributed by atoms with van der Waals surface area (Å²) in [5.41, 5.74) is 7.70. The van der Waals surface area contributed by atoms with Crippen LogP contribution in [0.5, 0.6) is 0 Å². The minimum atomic E-state index is -0.985. The van der Waals surface area contributed by atoms with Crippen LogP contribution in [0.25, 0.3) is 0 Å². The molecule has 0 saturated carbocycles. The molecule has 1 aromatic heterocycles. The minimum absolute atomic E-state index is 0.311. The summed E-state index contributed by atoms with van der Waals surface area (Å²) in [6.07, 6.45) is 0.627. The number of ether oxygens (including phenoxy) is 1. The Balaban J connectivity index is 2.27. The predicted octanol–water partition coefficient (Wildman–Crippen LogP) is 2.88. The molecule has 2 aromatic rings. The summed E-state index contributed by atoms with van der Waals surface area (Å²) in [7, 11) is 0. The summed E-state index contributed by atoms with van der Waals surface area (Å²) in [6, 6.07) is 9.33. The van der Waals surface area contributed by atoms with E-state index in [9.17, 15) is 9.59 Å². The van der Waals surface area contributed by atoms with Crippen LogP contribution in [0.15, 0.2) is 46.5 Å². The number of aryl methyl sites for hydroxylation is 2.